The molecule has 2 amide bonds. The summed E-state index contributed by atoms with van der Waals surface area (Å²) >= 11 is 6.54. The number of rotatable bonds is 7. The number of carbonyl (C=O) groups is 2. The Hall–Kier alpha value is -5.65. The lowest BCUT2D eigenvalue weighted by molar-refractivity contribution is -0.134. The average molecular weight is 886 g/mol. The van der Waals surface area contributed by atoms with Crippen molar-refractivity contribution in [1.29, 1.82) is 0 Å². The van der Waals surface area contributed by atoms with Crippen LogP contribution in [-0.4, -0.2) is 93.7 Å². The van der Waals surface area contributed by atoms with Gasteiger partial charge < -0.3 is 39.7 Å². The van der Waals surface area contributed by atoms with Crippen LogP contribution in [0.2, 0.25) is 5.02 Å². The molecule has 7 heterocycles. The van der Waals surface area contributed by atoms with Crippen LogP contribution in [0.1, 0.15) is 68.7 Å². The number of hydrogen-bond acceptors (Lipinski definition) is 12. The Bertz CT molecular complexity index is 2740. The molecule has 10 rings (SSSR count). The highest BCUT2D eigenvalue weighted by atomic mass is 35.5. The van der Waals surface area contributed by atoms with Gasteiger partial charge in [-0.1, -0.05) is 35.9 Å². The summed E-state index contributed by atoms with van der Waals surface area (Å²) in [6.07, 6.45) is 4.98. The monoisotopic (exact) mass is 885 g/mol. The zero-order valence-corrected chi connectivity index (χ0v) is 35.5. The van der Waals surface area contributed by atoms with Gasteiger partial charge in [0.25, 0.3) is 5.56 Å². The Kier molecular flexibility index (Phi) is 10.4. The van der Waals surface area contributed by atoms with E-state index in [1.54, 1.807) is 4.90 Å². The predicted molar refractivity (Wildman–Crippen MR) is 234 cm³/mol. The van der Waals surface area contributed by atoms with Gasteiger partial charge in [0.15, 0.2) is 18.7 Å². The third-order valence-electron chi connectivity index (χ3n) is 13.7. The topological polar surface area (TPSA) is 157 Å². The summed E-state index contributed by atoms with van der Waals surface area (Å²) < 4.78 is 51.4. The van der Waals surface area contributed by atoms with Gasteiger partial charge in [0.2, 0.25) is 23.5 Å². The molecule has 3 fully saturated rings. The number of aromatic nitrogens is 3. The lowest BCUT2D eigenvalue weighted by Crippen LogP contribution is -2.52. The van der Waals surface area contributed by atoms with Crippen LogP contribution in [0.15, 0.2) is 53.5 Å². The number of aliphatic hydroxyl groups is 1. The van der Waals surface area contributed by atoms with Crippen LogP contribution in [0, 0.1) is 11.7 Å². The van der Waals surface area contributed by atoms with E-state index in [1.807, 2.05) is 18.2 Å². The molecule has 3 aromatic carbocycles. The van der Waals surface area contributed by atoms with Gasteiger partial charge in [-0.05, 0) is 87.0 Å². The van der Waals surface area contributed by atoms with Crippen molar-refractivity contribution >= 4 is 73.9 Å². The zero-order chi connectivity index (χ0) is 43.9. The Balaban J connectivity index is 0.781. The number of pyridine rings is 1. The minimum atomic E-state index is -3.25. The molecule has 14 nitrogen and oxygen atoms in total. The number of alkyl halides is 2. The normalized spacial score (nSPS) is 23.1. The van der Waals surface area contributed by atoms with Crippen LogP contribution in [0.25, 0.3) is 21.7 Å². The molecular formula is C45H47ClF3N9O5. The Morgan fingerprint density at radius 1 is 1.00 bits per heavy atom. The number of aliphatic hydroxyl groups excluding tert-OH is 1. The molecule has 18 heteroatoms. The molecule has 3 unspecified atom stereocenters. The van der Waals surface area contributed by atoms with E-state index in [4.69, 9.17) is 16.3 Å². The van der Waals surface area contributed by atoms with Crippen LogP contribution < -0.4 is 36.0 Å². The maximum Gasteiger partial charge on any atom is 0.300 e. The van der Waals surface area contributed by atoms with Gasteiger partial charge >= 0.3 is 5.92 Å². The summed E-state index contributed by atoms with van der Waals surface area (Å²) in [5.41, 5.74) is 2.44. The largest absolute Gasteiger partial charge is 0.480 e. The van der Waals surface area contributed by atoms with E-state index < -0.39 is 42.2 Å². The van der Waals surface area contributed by atoms with E-state index in [2.05, 4.69) is 47.9 Å². The third kappa shape index (κ3) is 7.27. The molecule has 0 saturated carbocycles. The van der Waals surface area contributed by atoms with E-state index >= 15 is 4.39 Å². The first-order valence-electron chi connectivity index (χ1n) is 21.5. The smallest absolute Gasteiger partial charge is 0.300 e. The summed E-state index contributed by atoms with van der Waals surface area (Å²) in [6, 6.07) is 10.8. The van der Waals surface area contributed by atoms with Crippen molar-refractivity contribution in [2.45, 2.75) is 75.6 Å². The molecule has 63 heavy (non-hydrogen) atoms. The number of amides is 2. The van der Waals surface area contributed by atoms with E-state index in [1.165, 1.54) is 36.4 Å². The maximum absolute atomic E-state index is 15.7. The quantitative estimate of drug-likeness (QED) is 0.131. The van der Waals surface area contributed by atoms with Crippen molar-refractivity contribution in [3.8, 4) is 5.75 Å². The minimum absolute atomic E-state index is 0.0215. The number of anilines is 5. The number of ether oxygens (including phenoxy) is 1. The fourth-order valence-electron chi connectivity index (χ4n) is 10.1. The molecule has 3 atom stereocenters. The number of likely N-dealkylation sites (tertiary alicyclic amines) is 1. The first-order chi connectivity index (χ1) is 30.3. The van der Waals surface area contributed by atoms with Crippen molar-refractivity contribution in [3.63, 3.8) is 0 Å². The summed E-state index contributed by atoms with van der Waals surface area (Å²) in [4.78, 5) is 53.3. The van der Waals surface area contributed by atoms with Crippen molar-refractivity contribution in [2.75, 3.05) is 59.8 Å². The first-order valence-corrected chi connectivity index (χ1v) is 21.9. The maximum atomic E-state index is 15.7. The second-order valence-electron chi connectivity index (χ2n) is 17.5. The van der Waals surface area contributed by atoms with Gasteiger partial charge in [0, 0.05) is 61.2 Å². The van der Waals surface area contributed by atoms with Gasteiger partial charge in [-0.15, -0.1) is 0 Å². The van der Waals surface area contributed by atoms with Crippen molar-refractivity contribution in [2.24, 2.45) is 13.0 Å². The van der Waals surface area contributed by atoms with E-state index in [-0.39, 0.29) is 51.7 Å². The number of hydrogen-bond donors (Lipinski definition) is 4. The highest BCUT2D eigenvalue weighted by molar-refractivity contribution is 6.33. The fraction of sp³-hybridized carbons (Fsp3) is 0.444. The third-order valence-corrected chi connectivity index (χ3v) is 14.0. The summed E-state index contributed by atoms with van der Waals surface area (Å²) in [5, 5.41) is 22.1. The highest BCUT2D eigenvalue weighted by Crippen LogP contribution is 2.48. The first kappa shape index (κ1) is 41.4. The molecule has 0 bridgehead atoms. The van der Waals surface area contributed by atoms with Crippen molar-refractivity contribution in [3.05, 3.63) is 81.0 Å². The second-order valence-corrected chi connectivity index (χ2v) is 17.9. The predicted octanol–water partition coefficient (Wildman–Crippen LogP) is 6.56. The highest BCUT2D eigenvalue weighted by Gasteiger charge is 2.43. The molecule has 5 aromatic rings. The molecule has 2 aromatic heterocycles. The number of benzene rings is 3. The fourth-order valence-corrected chi connectivity index (χ4v) is 10.3. The number of aryl methyl sites for hydroxylation is 1. The Morgan fingerprint density at radius 2 is 1.78 bits per heavy atom. The van der Waals surface area contributed by atoms with Crippen molar-refractivity contribution < 1.29 is 32.6 Å². The molecule has 0 radical (unpaired) electrons. The lowest BCUT2D eigenvalue weighted by Gasteiger charge is -2.38. The van der Waals surface area contributed by atoms with Crippen LogP contribution >= 0.6 is 11.6 Å². The number of fused-ring (bicyclic) bond motifs is 3. The lowest BCUT2D eigenvalue weighted by atomic mass is 9.85. The zero-order valence-electron chi connectivity index (χ0n) is 34.8. The van der Waals surface area contributed by atoms with Gasteiger partial charge in [-0.25, -0.2) is 18.2 Å². The van der Waals surface area contributed by atoms with Crippen molar-refractivity contribution in [1.82, 2.24) is 24.8 Å². The molecule has 330 valence electrons. The van der Waals surface area contributed by atoms with Gasteiger partial charge in [-0.3, -0.25) is 19.7 Å². The van der Waals surface area contributed by atoms with Crippen LogP contribution in [0.3, 0.4) is 0 Å². The molecular weight excluding hydrogens is 839 g/mol. The molecule has 3 saturated heterocycles. The summed E-state index contributed by atoms with van der Waals surface area (Å²) in [6.45, 7) is 4.69. The number of nitrogens with one attached hydrogen (secondary N) is 3. The van der Waals surface area contributed by atoms with E-state index in [9.17, 15) is 28.3 Å². The second kappa shape index (κ2) is 15.9. The number of halogens is 4. The summed E-state index contributed by atoms with van der Waals surface area (Å²) in [7, 11) is 1.43. The SMILES string of the molecule is CC1Nc2c(c(=O)n(C)c3cc(F)c(Nc4nc(N5CCC(CN6CCC(c7ccc8c9c(cccc79)C(O)N8C7CCC(=O)NC7=O)CC6)CC5)ncc4Cl)cc23)OCC1(F)F. The van der Waals surface area contributed by atoms with Gasteiger partial charge in [0.1, 0.15) is 16.9 Å². The number of piperidine rings is 3. The molecule has 5 aliphatic rings. The molecule has 5 aliphatic heterocycles. The van der Waals surface area contributed by atoms with E-state index in [0.29, 0.717) is 29.6 Å². The van der Waals surface area contributed by atoms with E-state index in [0.717, 1.165) is 86.5 Å². The van der Waals surface area contributed by atoms with Gasteiger partial charge in [0.05, 0.1) is 29.1 Å². The average Bonchev–Trinajstić information content (AvgIpc) is 3.48. The number of nitrogens with zero attached hydrogens (tertiary/aromatic N) is 6. The Morgan fingerprint density at radius 3 is 2.54 bits per heavy atom. The summed E-state index contributed by atoms with van der Waals surface area (Å²) in [5.74, 6) is -3.42. The van der Waals surface area contributed by atoms with Crippen LogP contribution in [-0.2, 0) is 16.6 Å². The number of carbonyl (C=O) groups excluding carboxylic acids is 2. The minimum Gasteiger partial charge on any atom is -0.480 e. The standard InChI is InChI=1S/C45H47ClF3N9O5/c1-23-45(48,49)22-63-39-38(51-23)29-18-32(31(47)19-35(29)55(2)43(39)62)52-40-30(46)20-50-44(54-40)57-16-10-24(11-17-57)21-56-14-12-25(13-15-56)26-6-7-33-37-27(26)4-3-5-28(37)42(61)58(33)34-8-9-36(59)53-41(34)60/h3-7,18-20,23-25,34,42,51,61H,8-17,21-22H2,1-2H3,(H,50,52,54)(H,53,59,60). The molecule has 0 aliphatic carbocycles. The van der Waals surface area contributed by atoms with Crippen LogP contribution in [0.4, 0.5) is 42.0 Å². The molecule has 4 N–H and O–H groups in total. The van der Waals surface area contributed by atoms with Crippen LogP contribution in [0.5, 0.6) is 5.75 Å². The Labute approximate surface area is 365 Å². The number of imide groups is 1. The van der Waals surface area contributed by atoms with Gasteiger partial charge in [-0.2, -0.15) is 4.98 Å². The molecule has 0 spiro atoms.